The summed E-state index contributed by atoms with van der Waals surface area (Å²) in [7, 11) is -3.62. The Morgan fingerprint density at radius 1 is 0.814 bits per heavy atom. The van der Waals surface area contributed by atoms with Gasteiger partial charge in [0.2, 0.25) is 10.0 Å². The summed E-state index contributed by atoms with van der Waals surface area (Å²) in [4.78, 5) is 12.0. The van der Waals surface area contributed by atoms with Gasteiger partial charge in [-0.3, -0.25) is 9.52 Å². The zero-order chi connectivity index (χ0) is 31.1. The summed E-state index contributed by atoms with van der Waals surface area (Å²) in [6, 6.07) is 13.6. The molecule has 0 radical (unpaired) electrons. The number of carbonyl (C=O) groups excluding carboxylic acids is 1. The van der Waals surface area contributed by atoms with E-state index < -0.39 is 15.9 Å². The number of hydrogen-bond donors (Lipinski definition) is 3. The maximum atomic E-state index is 13.1. The molecule has 43 heavy (non-hydrogen) atoms. The number of amides is 1. The van der Waals surface area contributed by atoms with Crippen LogP contribution in [0, 0.1) is 0 Å². The lowest BCUT2D eigenvalue weighted by atomic mass is 10.0. The van der Waals surface area contributed by atoms with Crippen LogP contribution in [0.15, 0.2) is 48.5 Å². The number of rotatable bonds is 21. The Labute approximate surface area is 265 Å². The van der Waals surface area contributed by atoms with Gasteiger partial charge < -0.3 is 15.6 Å². The van der Waals surface area contributed by atoms with Crippen LogP contribution >= 0.6 is 15.9 Å². The fourth-order valence-corrected chi connectivity index (χ4v) is 6.78. The maximum absolute atomic E-state index is 13.1. The SMILES string of the molecule is CCCCCCCCCCCCCCCCS(=O)(=O)Nc1cc(CBr)ccc1Oc1cc(C(N)=O)c(O)c2ccccc12. The lowest BCUT2D eigenvalue weighted by Gasteiger charge is -2.17. The van der Waals surface area contributed by atoms with Crippen LogP contribution in [-0.4, -0.2) is 25.2 Å². The van der Waals surface area contributed by atoms with E-state index in [1.54, 1.807) is 36.4 Å². The molecule has 0 spiro atoms. The van der Waals surface area contributed by atoms with Gasteiger partial charge in [0.15, 0.2) is 5.75 Å². The zero-order valence-corrected chi connectivity index (χ0v) is 27.8. The van der Waals surface area contributed by atoms with Crippen molar-refractivity contribution < 1.29 is 23.1 Å². The number of sulfonamides is 1. The molecule has 0 aliphatic rings. The highest BCUT2D eigenvalue weighted by molar-refractivity contribution is 9.08. The van der Waals surface area contributed by atoms with Crippen molar-refractivity contribution in [3.05, 3.63) is 59.7 Å². The first-order valence-electron chi connectivity index (χ1n) is 15.7. The third kappa shape index (κ3) is 11.3. The molecule has 4 N–H and O–H groups in total. The molecule has 9 heteroatoms. The van der Waals surface area contributed by atoms with E-state index in [1.165, 1.54) is 70.3 Å². The molecule has 0 heterocycles. The van der Waals surface area contributed by atoms with Crippen LogP contribution in [0.3, 0.4) is 0 Å². The van der Waals surface area contributed by atoms with Gasteiger partial charge in [-0.1, -0.05) is 137 Å². The summed E-state index contributed by atoms with van der Waals surface area (Å²) >= 11 is 3.43. The Balaban J connectivity index is 1.53. The van der Waals surface area contributed by atoms with Gasteiger partial charge in [0.05, 0.1) is 17.0 Å². The van der Waals surface area contributed by atoms with Crippen molar-refractivity contribution >= 4 is 48.3 Å². The summed E-state index contributed by atoms with van der Waals surface area (Å²) in [5.41, 5.74) is 6.59. The maximum Gasteiger partial charge on any atom is 0.252 e. The normalized spacial score (nSPS) is 11.6. The molecule has 3 aromatic carbocycles. The second-order valence-electron chi connectivity index (χ2n) is 11.3. The highest BCUT2D eigenvalue weighted by Crippen LogP contribution is 2.40. The monoisotopic (exact) mass is 674 g/mol. The Morgan fingerprint density at radius 2 is 1.37 bits per heavy atom. The molecule has 0 atom stereocenters. The smallest absolute Gasteiger partial charge is 0.252 e. The van der Waals surface area contributed by atoms with Crippen molar-refractivity contribution in [2.24, 2.45) is 5.73 Å². The number of nitrogens with one attached hydrogen (secondary N) is 1. The number of halogens is 1. The van der Waals surface area contributed by atoms with E-state index in [9.17, 15) is 18.3 Å². The number of phenols is 1. The van der Waals surface area contributed by atoms with Gasteiger partial charge in [0.25, 0.3) is 5.91 Å². The average Bonchev–Trinajstić information content (AvgIpc) is 2.99. The standard InChI is InChI=1S/C34H47BrN2O5S/c1-2-3-4-5-6-7-8-9-10-11-12-13-14-17-22-43(40,41)37-30-23-26(25-35)20-21-31(30)42-32-24-29(34(36)39)33(38)28-19-16-15-18-27(28)32/h15-16,18-21,23-24,37-38H,2-14,17,22,25H2,1H3,(H2,36,39). The zero-order valence-electron chi connectivity index (χ0n) is 25.4. The van der Waals surface area contributed by atoms with Gasteiger partial charge in [-0.25, -0.2) is 8.42 Å². The number of alkyl halides is 1. The molecular formula is C34H47BrN2O5S. The van der Waals surface area contributed by atoms with E-state index in [4.69, 9.17) is 10.5 Å². The van der Waals surface area contributed by atoms with Gasteiger partial charge in [-0.2, -0.15) is 0 Å². The highest BCUT2D eigenvalue weighted by atomic mass is 79.9. The lowest BCUT2D eigenvalue weighted by molar-refractivity contribution is 0.0997. The molecule has 0 bridgehead atoms. The number of primary amides is 1. The predicted octanol–water partition coefficient (Wildman–Crippen LogP) is 9.55. The Bertz CT molecular complexity index is 1430. The summed E-state index contributed by atoms with van der Waals surface area (Å²) in [6.45, 7) is 2.25. The first-order chi connectivity index (χ1) is 20.8. The molecule has 0 aliphatic heterocycles. The van der Waals surface area contributed by atoms with Crippen LogP contribution in [0.2, 0.25) is 0 Å². The molecule has 0 aromatic heterocycles. The van der Waals surface area contributed by atoms with E-state index in [2.05, 4.69) is 27.6 Å². The third-order valence-electron chi connectivity index (χ3n) is 7.69. The quantitative estimate of drug-likeness (QED) is 0.0768. The van der Waals surface area contributed by atoms with Crippen LogP contribution in [0.1, 0.15) is 113 Å². The van der Waals surface area contributed by atoms with Crippen LogP contribution in [0.25, 0.3) is 10.8 Å². The Kier molecular flexibility index (Phi) is 14.6. The number of anilines is 1. The van der Waals surface area contributed by atoms with Gasteiger partial charge in [-0.05, 0) is 30.2 Å². The average molecular weight is 676 g/mol. The number of fused-ring (bicyclic) bond motifs is 1. The number of benzene rings is 3. The van der Waals surface area contributed by atoms with Gasteiger partial charge in [-0.15, -0.1) is 0 Å². The summed E-state index contributed by atoms with van der Waals surface area (Å²) in [6.07, 6.45) is 16.8. The third-order valence-corrected chi connectivity index (χ3v) is 9.70. The molecule has 0 unspecified atom stereocenters. The molecule has 0 saturated heterocycles. The van der Waals surface area contributed by atoms with Gasteiger partial charge in [0.1, 0.15) is 11.5 Å². The Hall–Kier alpha value is -2.78. The van der Waals surface area contributed by atoms with Crippen molar-refractivity contribution in [3.63, 3.8) is 0 Å². The molecule has 3 rings (SSSR count). The minimum atomic E-state index is -3.62. The molecule has 3 aromatic rings. The van der Waals surface area contributed by atoms with Crippen LogP contribution in [0.5, 0.6) is 17.2 Å². The van der Waals surface area contributed by atoms with Crippen molar-refractivity contribution in [1.29, 1.82) is 0 Å². The van der Waals surface area contributed by atoms with E-state index in [0.717, 1.165) is 24.8 Å². The van der Waals surface area contributed by atoms with E-state index in [1.807, 2.05) is 6.07 Å². The summed E-state index contributed by atoms with van der Waals surface area (Å²) in [5.74, 6) is -0.436. The second kappa shape index (κ2) is 18.1. The van der Waals surface area contributed by atoms with Crippen LogP contribution in [-0.2, 0) is 15.4 Å². The fraction of sp³-hybridized carbons (Fsp3) is 0.500. The summed E-state index contributed by atoms with van der Waals surface area (Å²) < 4.78 is 35.0. The number of hydrogen-bond acceptors (Lipinski definition) is 5. The van der Waals surface area contributed by atoms with Gasteiger partial charge in [0, 0.05) is 16.1 Å². The van der Waals surface area contributed by atoms with Crippen molar-refractivity contribution in [2.75, 3.05) is 10.5 Å². The minimum Gasteiger partial charge on any atom is -0.506 e. The minimum absolute atomic E-state index is 0.0248. The van der Waals surface area contributed by atoms with Crippen molar-refractivity contribution in [3.8, 4) is 17.2 Å². The topological polar surface area (TPSA) is 119 Å². The van der Waals surface area contributed by atoms with Crippen LogP contribution < -0.4 is 15.2 Å². The molecule has 7 nitrogen and oxygen atoms in total. The second-order valence-corrected chi connectivity index (χ2v) is 13.7. The van der Waals surface area contributed by atoms with E-state index >= 15 is 0 Å². The van der Waals surface area contributed by atoms with E-state index in [0.29, 0.717) is 28.2 Å². The predicted molar refractivity (Wildman–Crippen MR) is 181 cm³/mol. The molecule has 0 fully saturated rings. The number of unbranched alkanes of at least 4 members (excludes halogenated alkanes) is 13. The molecule has 0 saturated carbocycles. The van der Waals surface area contributed by atoms with Crippen LogP contribution in [0.4, 0.5) is 5.69 Å². The molecule has 236 valence electrons. The highest BCUT2D eigenvalue weighted by Gasteiger charge is 2.19. The number of carbonyl (C=O) groups is 1. The fourth-order valence-electron chi connectivity index (χ4n) is 5.25. The van der Waals surface area contributed by atoms with Crippen molar-refractivity contribution in [1.82, 2.24) is 0 Å². The number of ether oxygens (including phenoxy) is 1. The largest absolute Gasteiger partial charge is 0.506 e. The number of aromatic hydroxyl groups is 1. The van der Waals surface area contributed by atoms with Gasteiger partial charge >= 0.3 is 0 Å². The van der Waals surface area contributed by atoms with E-state index in [-0.39, 0.29) is 28.6 Å². The van der Waals surface area contributed by atoms with Crippen molar-refractivity contribution in [2.45, 2.75) is 102 Å². The first-order valence-corrected chi connectivity index (χ1v) is 18.4. The number of nitrogens with two attached hydrogens (primary N) is 1. The first kappa shape index (κ1) is 34.7. The lowest BCUT2D eigenvalue weighted by Crippen LogP contribution is -2.17. The molecule has 0 aliphatic carbocycles. The summed E-state index contributed by atoms with van der Waals surface area (Å²) in [5, 5.41) is 12.1. The Morgan fingerprint density at radius 3 is 1.93 bits per heavy atom. The molecular weight excluding hydrogens is 628 g/mol. The molecule has 1 amide bonds.